The van der Waals surface area contributed by atoms with Crippen molar-refractivity contribution in [3.05, 3.63) is 53.2 Å². The van der Waals surface area contributed by atoms with Crippen molar-refractivity contribution in [2.24, 2.45) is 4.99 Å². The van der Waals surface area contributed by atoms with Crippen molar-refractivity contribution in [2.45, 2.75) is 19.4 Å². The van der Waals surface area contributed by atoms with Crippen LogP contribution < -0.4 is 20.3 Å². The van der Waals surface area contributed by atoms with Crippen molar-refractivity contribution in [3.8, 4) is 5.75 Å². The summed E-state index contributed by atoms with van der Waals surface area (Å²) in [4.78, 5) is 13.8. The number of hydrogen-bond donors (Lipinski definition) is 2. The van der Waals surface area contributed by atoms with E-state index in [9.17, 15) is 0 Å². The number of benzene rings is 1. The molecule has 7 heteroatoms. The van der Waals surface area contributed by atoms with Crippen molar-refractivity contribution < 1.29 is 4.74 Å². The molecule has 2 aliphatic rings. The molecule has 0 unspecified atom stereocenters. The van der Waals surface area contributed by atoms with Crippen molar-refractivity contribution in [2.75, 3.05) is 58.3 Å². The highest BCUT2D eigenvalue weighted by atomic mass is 16.5. The number of pyridine rings is 1. The number of aliphatic imine (C=N–C) groups is 1. The number of aromatic nitrogens is 1. The van der Waals surface area contributed by atoms with Crippen LogP contribution in [0.2, 0.25) is 0 Å². The zero-order valence-corrected chi connectivity index (χ0v) is 18.0. The second-order valence-electron chi connectivity index (χ2n) is 7.92. The minimum absolute atomic E-state index is 0.700. The molecule has 1 fully saturated rings. The summed E-state index contributed by atoms with van der Waals surface area (Å²) in [6.45, 7) is 6.50. The fraction of sp³-hybridized carbons (Fsp3) is 0.478. The van der Waals surface area contributed by atoms with E-state index in [1.165, 1.54) is 16.7 Å². The molecular weight excluding hydrogens is 376 g/mol. The number of likely N-dealkylation sites (N-methyl/N-ethyl adjacent to an activating group) is 1. The highest BCUT2D eigenvalue weighted by molar-refractivity contribution is 5.79. The third-order valence-electron chi connectivity index (χ3n) is 5.80. The van der Waals surface area contributed by atoms with Crippen LogP contribution in [0.25, 0.3) is 0 Å². The Morgan fingerprint density at radius 3 is 2.87 bits per heavy atom. The van der Waals surface area contributed by atoms with Crippen LogP contribution in [-0.2, 0) is 19.4 Å². The highest BCUT2D eigenvalue weighted by Crippen LogP contribution is 2.25. The maximum atomic E-state index is 5.59. The van der Waals surface area contributed by atoms with Gasteiger partial charge in [-0.15, -0.1) is 0 Å². The van der Waals surface area contributed by atoms with E-state index in [-0.39, 0.29) is 0 Å². The minimum atomic E-state index is 0.700. The Bertz CT molecular complexity index is 876. The van der Waals surface area contributed by atoms with Crippen molar-refractivity contribution in [1.82, 2.24) is 20.5 Å². The number of ether oxygens (including phenoxy) is 1. The Labute approximate surface area is 179 Å². The van der Waals surface area contributed by atoms with Crippen LogP contribution in [0.3, 0.4) is 0 Å². The summed E-state index contributed by atoms with van der Waals surface area (Å²) in [5, 5.41) is 6.87. The normalized spacial score (nSPS) is 16.9. The van der Waals surface area contributed by atoms with E-state index in [0.29, 0.717) is 6.54 Å². The Balaban J connectivity index is 1.29. The Hall–Kier alpha value is -2.80. The summed E-state index contributed by atoms with van der Waals surface area (Å²) in [6.07, 6.45) is 3.85. The Morgan fingerprint density at radius 2 is 2.03 bits per heavy atom. The lowest BCUT2D eigenvalue weighted by atomic mass is 10.1. The molecule has 0 bridgehead atoms. The van der Waals surface area contributed by atoms with Crippen molar-refractivity contribution >= 4 is 11.8 Å². The maximum Gasteiger partial charge on any atom is 0.191 e. The lowest BCUT2D eigenvalue weighted by Crippen LogP contribution is -2.45. The van der Waals surface area contributed by atoms with Gasteiger partial charge in [0.25, 0.3) is 0 Å². The number of anilines is 1. The van der Waals surface area contributed by atoms with Gasteiger partial charge in [-0.1, -0.05) is 18.2 Å². The van der Waals surface area contributed by atoms with E-state index in [1.807, 2.05) is 19.3 Å². The number of guanidine groups is 1. The van der Waals surface area contributed by atoms with E-state index in [4.69, 9.17) is 4.74 Å². The first kappa shape index (κ1) is 20.5. The number of piperazine rings is 1. The summed E-state index contributed by atoms with van der Waals surface area (Å²) in [6, 6.07) is 10.7. The fourth-order valence-corrected chi connectivity index (χ4v) is 3.99. The summed E-state index contributed by atoms with van der Waals surface area (Å²) >= 11 is 0. The molecule has 1 saturated heterocycles. The van der Waals surface area contributed by atoms with Gasteiger partial charge in [0, 0.05) is 64.5 Å². The summed E-state index contributed by atoms with van der Waals surface area (Å²) in [5.74, 6) is 2.93. The zero-order chi connectivity index (χ0) is 20.8. The van der Waals surface area contributed by atoms with Gasteiger partial charge in [0.1, 0.15) is 11.6 Å². The van der Waals surface area contributed by atoms with Gasteiger partial charge in [0.15, 0.2) is 5.96 Å². The van der Waals surface area contributed by atoms with Crippen LogP contribution in [0, 0.1) is 0 Å². The summed E-state index contributed by atoms with van der Waals surface area (Å²) < 4.78 is 5.59. The number of rotatable bonds is 6. The molecule has 7 nitrogen and oxygen atoms in total. The SMILES string of the molecule is CN=C(NCCc1ccc2c(c1)CCO2)NCc1cccnc1N1CCN(C)CC1. The van der Waals surface area contributed by atoms with Gasteiger partial charge in [0.05, 0.1) is 6.61 Å². The first-order valence-electron chi connectivity index (χ1n) is 10.8. The molecule has 2 aromatic rings. The smallest absolute Gasteiger partial charge is 0.191 e. The van der Waals surface area contributed by atoms with Gasteiger partial charge in [-0.25, -0.2) is 4.98 Å². The number of nitrogens with one attached hydrogen (secondary N) is 2. The molecule has 0 radical (unpaired) electrons. The van der Waals surface area contributed by atoms with Gasteiger partial charge in [0.2, 0.25) is 0 Å². The molecule has 3 heterocycles. The molecule has 2 aliphatic heterocycles. The largest absolute Gasteiger partial charge is 0.493 e. The molecule has 2 N–H and O–H groups in total. The van der Waals surface area contributed by atoms with Crippen LogP contribution >= 0.6 is 0 Å². The van der Waals surface area contributed by atoms with Gasteiger partial charge in [-0.3, -0.25) is 4.99 Å². The summed E-state index contributed by atoms with van der Waals surface area (Å²) in [7, 11) is 3.98. The molecule has 0 spiro atoms. The predicted molar refractivity (Wildman–Crippen MR) is 121 cm³/mol. The molecular formula is C23H32N6O. The monoisotopic (exact) mass is 408 g/mol. The van der Waals surface area contributed by atoms with Crippen LogP contribution in [0.15, 0.2) is 41.5 Å². The van der Waals surface area contributed by atoms with Gasteiger partial charge in [-0.2, -0.15) is 0 Å². The predicted octanol–water partition coefficient (Wildman–Crippen LogP) is 1.68. The molecule has 1 aromatic heterocycles. The van der Waals surface area contributed by atoms with Crippen molar-refractivity contribution in [1.29, 1.82) is 0 Å². The Morgan fingerprint density at radius 1 is 1.17 bits per heavy atom. The second kappa shape index (κ2) is 9.80. The van der Waals surface area contributed by atoms with Crippen LogP contribution in [0.1, 0.15) is 16.7 Å². The molecule has 1 aromatic carbocycles. The van der Waals surface area contributed by atoms with E-state index < -0.39 is 0 Å². The highest BCUT2D eigenvalue weighted by Gasteiger charge is 2.18. The molecule has 30 heavy (non-hydrogen) atoms. The number of hydrogen-bond acceptors (Lipinski definition) is 5. The van der Waals surface area contributed by atoms with E-state index >= 15 is 0 Å². The molecule has 0 amide bonds. The second-order valence-corrected chi connectivity index (χ2v) is 7.92. The average molecular weight is 409 g/mol. The fourth-order valence-electron chi connectivity index (χ4n) is 3.99. The van der Waals surface area contributed by atoms with E-state index in [0.717, 1.165) is 69.7 Å². The van der Waals surface area contributed by atoms with Crippen LogP contribution in [0.4, 0.5) is 5.82 Å². The maximum absolute atomic E-state index is 5.59. The standard InChI is InChI=1S/C23H32N6O/c1-24-23(26-10-7-18-5-6-21-19(16-18)8-15-30-21)27-17-20-4-3-9-25-22(20)29-13-11-28(2)12-14-29/h3-6,9,16H,7-8,10-15,17H2,1-2H3,(H2,24,26,27). The zero-order valence-electron chi connectivity index (χ0n) is 18.0. The molecule has 0 saturated carbocycles. The lowest BCUT2D eigenvalue weighted by Gasteiger charge is -2.34. The molecule has 160 valence electrons. The lowest BCUT2D eigenvalue weighted by molar-refractivity contribution is 0.312. The third kappa shape index (κ3) is 5.02. The summed E-state index contributed by atoms with van der Waals surface area (Å²) in [5.41, 5.74) is 3.85. The third-order valence-corrected chi connectivity index (χ3v) is 5.80. The molecule has 0 aliphatic carbocycles. The van der Waals surface area contributed by atoms with E-state index in [2.05, 4.69) is 61.7 Å². The number of fused-ring (bicyclic) bond motifs is 1. The van der Waals surface area contributed by atoms with Gasteiger partial charge < -0.3 is 25.2 Å². The van der Waals surface area contributed by atoms with Crippen LogP contribution in [0.5, 0.6) is 5.75 Å². The first-order valence-corrected chi connectivity index (χ1v) is 10.8. The van der Waals surface area contributed by atoms with Crippen molar-refractivity contribution in [3.63, 3.8) is 0 Å². The first-order chi connectivity index (χ1) is 14.7. The van der Waals surface area contributed by atoms with Gasteiger partial charge >= 0.3 is 0 Å². The molecule has 4 rings (SSSR count). The number of nitrogens with zero attached hydrogens (tertiary/aromatic N) is 4. The van der Waals surface area contributed by atoms with Gasteiger partial charge in [-0.05, 0) is 36.7 Å². The average Bonchev–Trinajstić information content (AvgIpc) is 3.25. The van der Waals surface area contributed by atoms with Crippen LogP contribution in [-0.4, -0.2) is 69.3 Å². The topological polar surface area (TPSA) is 65.0 Å². The minimum Gasteiger partial charge on any atom is -0.493 e. The molecule has 0 atom stereocenters. The van der Waals surface area contributed by atoms with E-state index in [1.54, 1.807) is 0 Å². The Kier molecular flexibility index (Phi) is 6.69. The quantitative estimate of drug-likeness (QED) is 0.560.